The zero-order valence-electron chi connectivity index (χ0n) is 16.6. The van der Waals surface area contributed by atoms with Gasteiger partial charge in [0.1, 0.15) is 5.75 Å². The number of nitrogens with one attached hydrogen (secondary N) is 2. The molecule has 2 aromatic carbocycles. The Kier molecular flexibility index (Phi) is 8.21. The van der Waals surface area contributed by atoms with Crippen LogP contribution in [0.2, 0.25) is 0 Å². The first-order valence-electron chi connectivity index (χ1n) is 9.40. The number of aryl methyl sites for hydroxylation is 2. The highest BCUT2D eigenvalue weighted by atomic mass is 16.5. The fraction of sp³-hybridized carbons (Fsp3) is 0.318. The molecule has 2 rings (SSSR count). The normalized spacial score (nSPS) is 10.7. The van der Waals surface area contributed by atoms with Crippen molar-refractivity contribution in [1.82, 2.24) is 5.43 Å². The zero-order valence-corrected chi connectivity index (χ0v) is 16.6. The minimum Gasteiger partial charge on any atom is -0.494 e. The molecule has 0 unspecified atom stereocenters. The van der Waals surface area contributed by atoms with Gasteiger partial charge in [-0.2, -0.15) is 5.10 Å². The summed E-state index contributed by atoms with van der Waals surface area (Å²) in [5.41, 5.74) is 6.09. The van der Waals surface area contributed by atoms with E-state index in [1.54, 1.807) is 6.21 Å². The molecular formula is C22H27N3O3. The van der Waals surface area contributed by atoms with E-state index < -0.39 is 0 Å². The second-order valence-corrected chi connectivity index (χ2v) is 6.58. The van der Waals surface area contributed by atoms with Gasteiger partial charge in [0.2, 0.25) is 11.8 Å². The first kappa shape index (κ1) is 21.2. The number of hydrazone groups is 1. The molecule has 0 aliphatic rings. The van der Waals surface area contributed by atoms with Crippen LogP contribution in [0.1, 0.15) is 42.9 Å². The lowest BCUT2D eigenvalue weighted by Crippen LogP contribution is -2.20. The smallest absolute Gasteiger partial charge is 0.240 e. The van der Waals surface area contributed by atoms with E-state index in [0.717, 1.165) is 34.5 Å². The molecule has 0 radical (unpaired) electrons. The van der Waals surface area contributed by atoms with Crippen LogP contribution < -0.4 is 15.5 Å². The SMILES string of the molecule is CCCOc1cccc(C=NNC(=O)CCC(=O)Nc2cc(C)ccc2C)c1. The van der Waals surface area contributed by atoms with Gasteiger partial charge in [0, 0.05) is 18.5 Å². The number of hydrogen-bond acceptors (Lipinski definition) is 4. The summed E-state index contributed by atoms with van der Waals surface area (Å²) in [6.07, 6.45) is 2.64. The molecule has 6 nitrogen and oxygen atoms in total. The van der Waals surface area contributed by atoms with E-state index in [0.29, 0.717) is 6.61 Å². The summed E-state index contributed by atoms with van der Waals surface area (Å²) < 4.78 is 5.56. The molecule has 2 amide bonds. The van der Waals surface area contributed by atoms with E-state index >= 15 is 0 Å². The summed E-state index contributed by atoms with van der Waals surface area (Å²) in [4.78, 5) is 23.9. The van der Waals surface area contributed by atoms with Crippen LogP contribution in [0.15, 0.2) is 47.6 Å². The van der Waals surface area contributed by atoms with Gasteiger partial charge in [-0.3, -0.25) is 9.59 Å². The number of carbonyl (C=O) groups excluding carboxylic acids is 2. The Morgan fingerprint density at radius 2 is 1.86 bits per heavy atom. The van der Waals surface area contributed by atoms with Gasteiger partial charge in [-0.05, 0) is 55.2 Å². The van der Waals surface area contributed by atoms with Gasteiger partial charge in [0.25, 0.3) is 0 Å². The quantitative estimate of drug-likeness (QED) is 0.510. The summed E-state index contributed by atoms with van der Waals surface area (Å²) >= 11 is 0. The monoisotopic (exact) mass is 381 g/mol. The third kappa shape index (κ3) is 7.23. The third-order valence-corrected chi connectivity index (χ3v) is 3.98. The highest BCUT2D eigenvalue weighted by Gasteiger charge is 2.08. The number of rotatable bonds is 9. The maximum absolute atomic E-state index is 12.1. The summed E-state index contributed by atoms with van der Waals surface area (Å²) in [5, 5.41) is 6.78. The molecule has 2 N–H and O–H groups in total. The van der Waals surface area contributed by atoms with E-state index in [4.69, 9.17) is 4.74 Å². The Hall–Kier alpha value is -3.15. The van der Waals surface area contributed by atoms with Gasteiger partial charge in [0.05, 0.1) is 12.8 Å². The topological polar surface area (TPSA) is 79.8 Å². The molecule has 0 aliphatic carbocycles. The van der Waals surface area contributed by atoms with Crippen molar-refractivity contribution in [2.45, 2.75) is 40.0 Å². The second-order valence-electron chi connectivity index (χ2n) is 6.58. The molecule has 0 fully saturated rings. The first-order chi connectivity index (χ1) is 13.5. The maximum atomic E-state index is 12.1. The number of amides is 2. The van der Waals surface area contributed by atoms with Crippen molar-refractivity contribution in [3.8, 4) is 5.75 Å². The predicted octanol–water partition coefficient (Wildman–Crippen LogP) is 3.96. The van der Waals surface area contributed by atoms with E-state index in [1.165, 1.54) is 0 Å². The number of nitrogens with zero attached hydrogens (tertiary/aromatic N) is 1. The van der Waals surface area contributed by atoms with Crippen LogP contribution in [-0.2, 0) is 9.59 Å². The third-order valence-electron chi connectivity index (χ3n) is 3.98. The van der Waals surface area contributed by atoms with E-state index in [9.17, 15) is 9.59 Å². The van der Waals surface area contributed by atoms with E-state index in [2.05, 4.69) is 15.8 Å². The Balaban J connectivity index is 1.77. The summed E-state index contributed by atoms with van der Waals surface area (Å²) in [7, 11) is 0. The lowest BCUT2D eigenvalue weighted by Gasteiger charge is -2.09. The number of ether oxygens (including phenoxy) is 1. The Morgan fingerprint density at radius 3 is 2.64 bits per heavy atom. The minimum atomic E-state index is -0.314. The van der Waals surface area contributed by atoms with Crippen LogP contribution >= 0.6 is 0 Å². The zero-order chi connectivity index (χ0) is 20.4. The van der Waals surface area contributed by atoms with Crippen molar-refractivity contribution in [2.75, 3.05) is 11.9 Å². The fourth-order valence-electron chi connectivity index (χ4n) is 2.45. The Bertz CT molecular complexity index is 847. The lowest BCUT2D eigenvalue weighted by molar-refractivity contribution is -0.124. The van der Waals surface area contributed by atoms with Crippen LogP contribution in [0.3, 0.4) is 0 Å². The van der Waals surface area contributed by atoms with Gasteiger partial charge in [-0.1, -0.05) is 31.2 Å². The highest BCUT2D eigenvalue weighted by molar-refractivity contribution is 5.94. The number of hydrogen-bond donors (Lipinski definition) is 2. The minimum absolute atomic E-state index is 0.0632. The molecule has 2 aromatic rings. The predicted molar refractivity (Wildman–Crippen MR) is 112 cm³/mol. The average Bonchev–Trinajstić information content (AvgIpc) is 2.68. The van der Waals surface area contributed by atoms with E-state index in [-0.39, 0.29) is 24.7 Å². The van der Waals surface area contributed by atoms with Crippen molar-refractivity contribution in [2.24, 2.45) is 5.10 Å². The largest absolute Gasteiger partial charge is 0.494 e. The molecule has 0 spiro atoms. The van der Waals surface area contributed by atoms with Crippen LogP contribution in [0.25, 0.3) is 0 Å². The molecule has 0 aromatic heterocycles. The summed E-state index contributed by atoms with van der Waals surface area (Å²) in [5.74, 6) is 0.250. The standard InChI is InChI=1S/C22H27N3O3/c1-4-12-28-19-7-5-6-18(14-19)15-23-25-22(27)11-10-21(26)24-20-13-16(2)8-9-17(20)3/h5-9,13-15H,4,10-12H2,1-3H3,(H,24,26)(H,25,27). The number of carbonyl (C=O) groups is 2. The Morgan fingerprint density at radius 1 is 1.07 bits per heavy atom. The van der Waals surface area contributed by atoms with Crippen molar-refractivity contribution in [3.05, 3.63) is 59.2 Å². The molecule has 0 heterocycles. The molecule has 0 saturated carbocycles. The highest BCUT2D eigenvalue weighted by Crippen LogP contribution is 2.16. The van der Waals surface area contributed by atoms with Crippen LogP contribution in [0.4, 0.5) is 5.69 Å². The van der Waals surface area contributed by atoms with Gasteiger partial charge < -0.3 is 10.1 Å². The lowest BCUT2D eigenvalue weighted by atomic mass is 10.1. The molecule has 28 heavy (non-hydrogen) atoms. The number of anilines is 1. The van der Waals surface area contributed by atoms with Crippen molar-refractivity contribution >= 4 is 23.7 Å². The molecule has 148 valence electrons. The summed E-state index contributed by atoms with van der Waals surface area (Å²) in [6, 6.07) is 13.3. The van der Waals surface area contributed by atoms with Crippen molar-refractivity contribution in [1.29, 1.82) is 0 Å². The van der Waals surface area contributed by atoms with Crippen molar-refractivity contribution < 1.29 is 14.3 Å². The molecular weight excluding hydrogens is 354 g/mol. The molecule has 0 bridgehead atoms. The van der Waals surface area contributed by atoms with Gasteiger partial charge in [0.15, 0.2) is 0 Å². The van der Waals surface area contributed by atoms with Gasteiger partial charge >= 0.3 is 0 Å². The molecule has 6 heteroatoms. The van der Waals surface area contributed by atoms with Crippen molar-refractivity contribution in [3.63, 3.8) is 0 Å². The van der Waals surface area contributed by atoms with Gasteiger partial charge in [-0.15, -0.1) is 0 Å². The van der Waals surface area contributed by atoms with E-state index in [1.807, 2.05) is 63.2 Å². The molecule has 0 saturated heterocycles. The second kappa shape index (κ2) is 10.9. The van der Waals surface area contributed by atoms with Gasteiger partial charge in [-0.25, -0.2) is 5.43 Å². The fourth-order valence-corrected chi connectivity index (χ4v) is 2.45. The first-order valence-corrected chi connectivity index (χ1v) is 9.40. The average molecular weight is 381 g/mol. The Labute approximate surface area is 166 Å². The summed E-state index contributed by atoms with van der Waals surface area (Å²) in [6.45, 7) is 6.59. The number of benzene rings is 2. The van der Waals surface area contributed by atoms with Crippen LogP contribution in [0, 0.1) is 13.8 Å². The van der Waals surface area contributed by atoms with Crippen LogP contribution in [-0.4, -0.2) is 24.6 Å². The van der Waals surface area contributed by atoms with Crippen LogP contribution in [0.5, 0.6) is 5.75 Å². The molecule has 0 atom stereocenters. The maximum Gasteiger partial charge on any atom is 0.240 e. The molecule has 0 aliphatic heterocycles.